The first-order valence-electron chi connectivity index (χ1n) is 4.11. The van der Waals surface area contributed by atoms with Crippen molar-refractivity contribution >= 4 is 23.5 Å². The summed E-state index contributed by atoms with van der Waals surface area (Å²) in [5.41, 5.74) is 0. The first kappa shape index (κ1) is 12.2. The van der Waals surface area contributed by atoms with Gasteiger partial charge in [-0.05, 0) is 5.92 Å². The lowest BCUT2D eigenvalue weighted by Gasteiger charge is -2.19. The lowest BCUT2D eigenvalue weighted by Crippen LogP contribution is -2.45. The van der Waals surface area contributed by atoms with E-state index in [9.17, 15) is 9.59 Å². The Bertz CT molecular complexity index is 196. The van der Waals surface area contributed by atoms with E-state index in [0.717, 1.165) is 0 Å². The third kappa shape index (κ3) is 4.12. The summed E-state index contributed by atoms with van der Waals surface area (Å²) in [6.07, 6.45) is 0.694. The molecule has 0 saturated heterocycles. The second-order valence-electron chi connectivity index (χ2n) is 2.90. The summed E-state index contributed by atoms with van der Waals surface area (Å²) in [5.74, 6) is -1.77. The van der Waals surface area contributed by atoms with Gasteiger partial charge in [-0.2, -0.15) is 0 Å². The monoisotopic (exact) mass is 207 g/mol. The highest BCUT2D eigenvalue weighted by Gasteiger charge is 2.24. The maximum Gasteiger partial charge on any atom is 0.326 e. The number of carboxylic acids is 1. The summed E-state index contributed by atoms with van der Waals surface area (Å²) in [4.78, 5) is 21.5. The minimum Gasteiger partial charge on any atom is -0.480 e. The average molecular weight is 208 g/mol. The molecule has 1 amide bonds. The molecule has 2 N–H and O–H groups in total. The molecule has 1 unspecified atom stereocenters. The van der Waals surface area contributed by atoms with Crippen molar-refractivity contribution in [2.24, 2.45) is 5.92 Å². The van der Waals surface area contributed by atoms with Crippen LogP contribution in [0.5, 0.6) is 0 Å². The number of alkyl halides is 1. The van der Waals surface area contributed by atoms with E-state index in [1.54, 1.807) is 6.92 Å². The molecule has 0 spiro atoms. The fourth-order valence-electron chi connectivity index (χ4n) is 0.895. The van der Waals surface area contributed by atoms with Crippen LogP contribution in [0.3, 0.4) is 0 Å². The van der Waals surface area contributed by atoms with Crippen molar-refractivity contribution in [3.8, 4) is 0 Å². The van der Waals surface area contributed by atoms with E-state index in [-0.39, 0.29) is 11.8 Å². The highest BCUT2D eigenvalue weighted by Crippen LogP contribution is 2.07. The van der Waals surface area contributed by atoms with Crippen molar-refractivity contribution in [1.29, 1.82) is 0 Å². The van der Waals surface area contributed by atoms with Crippen LogP contribution in [0.2, 0.25) is 0 Å². The highest BCUT2D eigenvalue weighted by atomic mass is 35.5. The third-order valence-corrected chi connectivity index (χ3v) is 2.16. The topological polar surface area (TPSA) is 66.4 Å². The van der Waals surface area contributed by atoms with E-state index in [1.807, 2.05) is 6.92 Å². The van der Waals surface area contributed by atoms with Gasteiger partial charge in [-0.3, -0.25) is 4.79 Å². The summed E-state index contributed by atoms with van der Waals surface area (Å²) < 4.78 is 0. The molecule has 0 radical (unpaired) electrons. The van der Waals surface area contributed by atoms with Crippen LogP contribution in [-0.2, 0) is 9.59 Å². The van der Waals surface area contributed by atoms with E-state index < -0.39 is 17.9 Å². The molecule has 0 aliphatic rings. The SMILES string of the molecule is CCC(C)[C@H](NC(=O)CCl)C(=O)O. The maximum absolute atomic E-state index is 10.8. The van der Waals surface area contributed by atoms with Gasteiger partial charge in [0.2, 0.25) is 5.91 Å². The Morgan fingerprint density at radius 1 is 1.54 bits per heavy atom. The average Bonchev–Trinajstić information content (AvgIpc) is 2.11. The molecule has 0 aromatic carbocycles. The number of carbonyl (C=O) groups excluding carboxylic acids is 1. The molecule has 0 fully saturated rings. The van der Waals surface area contributed by atoms with Gasteiger partial charge < -0.3 is 10.4 Å². The van der Waals surface area contributed by atoms with Crippen LogP contribution in [0.1, 0.15) is 20.3 Å². The van der Waals surface area contributed by atoms with Crippen molar-refractivity contribution < 1.29 is 14.7 Å². The minimum atomic E-state index is -1.02. The van der Waals surface area contributed by atoms with Crippen LogP contribution in [0.4, 0.5) is 0 Å². The number of carbonyl (C=O) groups is 2. The van der Waals surface area contributed by atoms with Gasteiger partial charge in [0.25, 0.3) is 0 Å². The summed E-state index contributed by atoms with van der Waals surface area (Å²) in [6.45, 7) is 3.64. The largest absolute Gasteiger partial charge is 0.480 e. The molecule has 0 rings (SSSR count). The van der Waals surface area contributed by atoms with E-state index >= 15 is 0 Å². The zero-order valence-corrected chi connectivity index (χ0v) is 8.47. The van der Waals surface area contributed by atoms with Gasteiger partial charge >= 0.3 is 5.97 Å². The number of hydrogen-bond acceptors (Lipinski definition) is 2. The van der Waals surface area contributed by atoms with Gasteiger partial charge in [0.05, 0.1) is 0 Å². The number of halogens is 1. The molecule has 0 aromatic heterocycles. The molecule has 0 aliphatic carbocycles. The van der Waals surface area contributed by atoms with Crippen LogP contribution in [0, 0.1) is 5.92 Å². The van der Waals surface area contributed by atoms with Crippen LogP contribution >= 0.6 is 11.6 Å². The first-order valence-corrected chi connectivity index (χ1v) is 4.64. The molecule has 0 bridgehead atoms. The molecule has 0 heterocycles. The van der Waals surface area contributed by atoms with Crippen molar-refractivity contribution in [1.82, 2.24) is 5.32 Å². The van der Waals surface area contributed by atoms with Crippen molar-refractivity contribution in [2.45, 2.75) is 26.3 Å². The Morgan fingerprint density at radius 3 is 2.38 bits per heavy atom. The Hall–Kier alpha value is -0.770. The van der Waals surface area contributed by atoms with Crippen LogP contribution in [-0.4, -0.2) is 28.9 Å². The van der Waals surface area contributed by atoms with Gasteiger partial charge in [0.15, 0.2) is 0 Å². The zero-order valence-electron chi connectivity index (χ0n) is 7.71. The summed E-state index contributed by atoms with van der Waals surface area (Å²) in [5, 5.41) is 11.1. The highest BCUT2D eigenvalue weighted by molar-refractivity contribution is 6.27. The van der Waals surface area contributed by atoms with Gasteiger partial charge in [-0.15, -0.1) is 11.6 Å². The Morgan fingerprint density at radius 2 is 2.08 bits per heavy atom. The predicted octanol–water partition coefficient (Wildman–Crippen LogP) is 0.841. The second kappa shape index (κ2) is 5.80. The van der Waals surface area contributed by atoms with E-state index in [4.69, 9.17) is 16.7 Å². The van der Waals surface area contributed by atoms with E-state index in [1.165, 1.54) is 0 Å². The fourth-order valence-corrected chi connectivity index (χ4v) is 0.972. The van der Waals surface area contributed by atoms with Gasteiger partial charge in [-0.1, -0.05) is 20.3 Å². The Labute approximate surface area is 82.3 Å². The molecule has 13 heavy (non-hydrogen) atoms. The number of carboxylic acid groups (broad SMARTS) is 1. The molecule has 4 nitrogen and oxygen atoms in total. The number of nitrogens with one attached hydrogen (secondary N) is 1. The summed E-state index contributed by atoms with van der Waals surface area (Å²) >= 11 is 5.24. The number of amides is 1. The number of rotatable bonds is 5. The maximum atomic E-state index is 10.8. The number of hydrogen-bond donors (Lipinski definition) is 2. The molecule has 0 saturated carbocycles. The van der Waals surface area contributed by atoms with Gasteiger partial charge in [-0.25, -0.2) is 4.79 Å². The van der Waals surface area contributed by atoms with E-state index in [2.05, 4.69) is 5.32 Å². The molecular formula is C8H14ClNO3. The molecular weight excluding hydrogens is 194 g/mol. The normalized spacial score (nSPS) is 14.7. The lowest BCUT2D eigenvalue weighted by molar-refractivity contribution is -0.143. The van der Waals surface area contributed by atoms with Crippen LogP contribution < -0.4 is 5.32 Å². The lowest BCUT2D eigenvalue weighted by atomic mass is 9.99. The van der Waals surface area contributed by atoms with Crippen molar-refractivity contribution in [3.63, 3.8) is 0 Å². The molecule has 0 aromatic rings. The van der Waals surface area contributed by atoms with Crippen LogP contribution in [0.25, 0.3) is 0 Å². The second-order valence-corrected chi connectivity index (χ2v) is 3.17. The molecule has 0 aliphatic heterocycles. The van der Waals surface area contributed by atoms with Crippen molar-refractivity contribution in [2.75, 3.05) is 5.88 Å². The third-order valence-electron chi connectivity index (χ3n) is 1.92. The smallest absolute Gasteiger partial charge is 0.326 e. The predicted molar refractivity (Wildman–Crippen MR) is 49.7 cm³/mol. The first-order chi connectivity index (χ1) is 6.02. The summed E-state index contributed by atoms with van der Waals surface area (Å²) in [7, 11) is 0. The van der Waals surface area contributed by atoms with Gasteiger partial charge in [0.1, 0.15) is 11.9 Å². The fraction of sp³-hybridized carbons (Fsp3) is 0.750. The zero-order chi connectivity index (χ0) is 10.4. The van der Waals surface area contributed by atoms with E-state index in [0.29, 0.717) is 6.42 Å². The Kier molecular flexibility index (Phi) is 5.46. The number of aliphatic carboxylic acids is 1. The Balaban J connectivity index is 4.26. The standard InChI is InChI=1S/C8H14ClNO3/c1-3-5(2)7(8(12)13)10-6(11)4-9/h5,7H,3-4H2,1-2H3,(H,10,11)(H,12,13)/t5?,7-/m0/s1. The molecule has 2 atom stereocenters. The molecule has 76 valence electrons. The quantitative estimate of drug-likeness (QED) is 0.657. The molecule has 5 heteroatoms. The van der Waals surface area contributed by atoms with Gasteiger partial charge in [0, 0.05) is 0 Å². The minimum absolute atomic E-state index is 0.0929. The van der Waals surface area contributed by atoms with Crippen molar-refractivity contribution in [3.05, 3.63) is 0 Å². The summed E-state index contributed by atoms with van der Waals surface area (Å²) in [6, 6.07) is -0.837. The van der Waals surface area contributed by atoms with Crippen LogP contribution in [0.15, 0.2) is 0 Å².